The Morgan fingerprint density at radius 2 is 1.86 bits per heavy atom. The van der Waals surface area contributed by atoms with E-state index in [1.54, 1.807) is 14.2 Å². The molecule has 0 aromatic carbocycles. The molecule has 0 aromatic rings. The van der Waals surface area contributed by atoms with Crippen LogP contribution in [0.1, 0.15) is 6.42 Å². The van der Waals surface area contributed by atoms with Crippen molar-refractivity contribution in [2.45, 2.75) is 18.4 Å². The molecule has 1 atom stereocenters. The highest BCUT2D eigenvalue weighted by molar-refractivity contribution is 6.57. The summed E-state index contributed by atoms with van der Waals surface area (Å²) in [4.78, 5) is 3.41. The number of nitrogens with two attached hydrogens (primary N) is 2. The Bertz CT molecular complexity index is 117. The van der Waals surface area contributed by atoms with Gasteiger partial charge in [0.1, 0.15) is 0 Å². The Balaban J connectivity index is 3.92. The van der Waals surface area contributed by atoms with Gasteiger partial charge in [0.2, 0.25) is 0 Å². The summed E-state index contributed by atoms with van der Waals surface area (Å²) < 4.78 is 10.5. The van der Waals surface area contributed by atoms with E-state index in [9.17, 15) is 0 Å². The molecule has 0 fully saturated rings. The second-order valence-corrected chi connectivity index (χ2v) is 5.86. The van der Waals surface area contributed by atoms with Crippen molar-refractivity contribution in [3.8, 4) is 0 Å². The van der Waals surface area contributed by atoms with E-state index in [-0.39, 0.29) is 5.91 Å². The van der Waals surface area contributed by atoms with Crippen LogP contribution in [0.5, 0.6) is 0 Å². The Hall–Kier alpha value is 0.0169. The third-order valence-corrected chi connectivity index (χ3v) is 5.11. The van der Waals surface area contributed by atoms with Crippen LogP contribution in [0, 0.1) is 0 Å². The summed E-state index contributed by atoms with van der Waals surface area (Å²) in [6.45, 7) is 2.19. The van der Waals surface area contributed by atoms with Gasteiger partial charge in [0, 0.05) is 27.3 Å². The summed E-state index contributed by atoms with van der Waals surface area (Å²) in [6.07, 6.45) is 1.01. The van der Waals surface area contributed by atoms with Crippen LogP contribution in [0.15, 0.2) is 0 Å². The van der Waals surface area contributed by atoms with E-state index >= 15 is 0 Å². The van der Waals surface area contributed by atoms with E-state index in [0.29, 0.717) is 13.1 Å². The lowest BCUT2D eigenvalue weighted by Gasteiger charge is -2.23. The zero-order valence-corrected chi connectivity index (χ0v) is 10.3. The predicted molar refractivity (Wildman–Crippen MR) is 60.5 cm³/mol. The topological polar surface area (TPSA) is 82.5 Å². The lowest BCUT2D eigenvalue weighted by atomic mass is 10.5. The highest BCUT2D eigenvalue weighted by atomic mass is 28.3. The number of ether oxygens (including phenoxy) is 2. The van der Waals surface area contributed by atoms with Gasteiger partial charge in [-0.05, 0) is 19.0 Å². The number of methoxy groups -OCH3 is 2. The molecule has 0 aliphatic rings. The summed E-state index contributed by atoms with van der Waals surface area (Å²) in [5, 5.41) is 0. The monoisotopic (exact) mass is 221 g/mol. The van der Waals surface area contributed by atoms with Crippen LogP contribution in [0.4, 0.5) is 0 Å². The molecule has 0 rings (SSSR count). The van der Waals surface area contributed by atoms with Gasteiger partial charge >= 0.3 is 0 Å². The molecular weight excluding hydrogens is 198 g/mol. The zero-order chi connectivity index (χ0) is 10.8. The van der Waals surface area contributed by atoms with Crippen molar-refractivity contribution in [3.63, 3.8) is 0 Å². The van der Waals surface area contributed by atoms with Crippen molar-refractivity contribution in [2.75, 3.05) is 33.9 Å². The molecule has 14 heavy (non-hydrogen) atoms. The Kier molecular flexibility index (Phi) is 9.58. The quantitative estimate of drug-likeness (QED) is 0.335. The minimum Gasteiger partial charge on any atom is -0.358 e. The lowest BCUT2D eigenvalue weighted by Crippen LogP contribution is -2.48. The molecular formula is C8H23N3O2Si. The Morgan fingerprint density at radius 3 is 2.29 bits per heavy atom. The molecule has 5 N–H and O–H groups in total. The summed E-state index contributed by atoms with van der Waals surface area (Å²) in [6, 6.07) is 1.07. The first-order chi connectivity index (χ1) is 6.79. The number of hydrogen-bond donors (Lipinski definition) is 3. The average molecular weight is 221 g/mol. The van der Waals surface area contributed by atoms with E-state index in [1.807, 2.05) is 0 Å². The van der Waals surface area contributed by atoms with Crippen molar-refractivity contribution in [2.24, 2.45) is 11.5 Å². The SMILES string of the molecule is COC(OC)[SiH](CCCN)NCCN. The first kappa shape index (κ1) is 14.0. The maximum atomic E-state index is 5.48. The molecule has 6 heteroatoms. The van der Waals surface area contributed by atoms with E-state index in [0.717, 1.165) is 19.0 Å². The van der Waals surface area contributed by atoms with Gasteiger partial charge < -0.3 is 25.9 Å². The smallest absolute Gasteiger partial charge is 0.175 e. The van der Waals surface area contributed by atoms with Crippen LogP contribution in [0.3, 0.4) is 0 Å². The van der Waals surface area contributed by atoms with E-state index in [1.165, 1.54) is 0 Å². The van der Waals surface area contributed by atoms with Crippen molar-refractivity contribution in [1.29, 1.82) is 0 Å². The molecule has 1 unspecified atom stereocenters. The first-order valence-corrected chi connectivity index (χ1v) is 7.05. The van der Waals surface area contributed by atoms with Crippen molar-refractivity contribution in [1.82, 2.24) is 4.98 Å². The Labute approximate surface area is 87.8 Å². The van der Waals surface area contributed by atoms with Crippen LogP contribution in [0.2, 0.25) is 6.04 Å². The van der Waals surface area contributed by atoms with Gasteiger partial charge in [0.05, 0.1) is 0 Å². The zero-order valence-electron chi connectivity index (χ0n) is 9.16. The standard InChI is InChI=1S/C8H23N3O2Si/c1-12-8(13-2)14(7-3-4-9)11-6-5-10/h8,11,14H,3-7,9-10H2,1-2H3. The number of rotatable bonds is 9. The third kappa shape index (κ3) is 5.69. The minimum atomic E-state index is -1.24. The Morgan fingerprint density at radius 1 is 1.21 bits per heavy atom. The molecule has 0 aliphatic heterocycles. The van der Waals surface area contributed by atoms with Crippen LogP contribution in [-0.4, -0.2) is 48.7 Å². The van der Waals surface area contributed by atoms with Crippen LogP contribution >= 0.6 is 0 Å². The van der Waals surface area contributed by atoms with Crippen LogP contribution in [-0.2, 0) is 9.47 Å². The van der Waals surface area contributed by atoms with Gasteiger partial charge in [-0.25, -0.2) is 0 Å². The summed E-state index contributed by atoms with van der Waals surface area (Å²) >= 11 is 0. The molecule has 0 saturated carbocycles. The fourth-order valence-corrected chi connectivity index (χ4v) is 3.90. The van der Waals surface area contributed by atoms with Crippen LogP contribution in [0.25, 0.3) is 0 Å². The average Bonchev–Trinajstić information content (AvgIpc) is 2.22. The first-order valence-electron chi connectivity index (χ1n) is 4.99. The molecule has 86 valence electrons. The molecule has 5 nitrogen and oxygen atoms in total. The van der Waals surface area contributed by atoms with Crippen molar-refractivity contribution < 1.29 is 9.47 Å². The number of nitrogens with one attached hydrogen (secondary N) is 1. The molecule has 0 saturated heterocycles. The van der Waals surface area contributed by atoms with Crippen molar-refractivity contribution >= 4 is 8.96 Å². The van der Waals surface area contributed by atoms with Gasteiger partial charge in [-0.2, -0.15) is 0 Å². The summed E-state index contributed by atoms with van der Waals surface area (Å²) in [7, 11) is 2.10. The molecule has 0 bridgehead atoms. The van der Waals surface area contributed by atoms with Crippen molar-refractivity contribution in [3.05, 3.63) is 0 Å². The largest absolute Gasteiger partial charge is 0.358 e. The molecule has 0 heterocycles. The van der Waals surface area contributed by atoms with E-state index in [2.05, 4.69) is 4.98 Å². The summed E-state index contributed by atoms with van der Waals surface area (Å²) in [5.41, 5.74) is 10.9. The van der Waals surface area contributed by atoms with E-state index < -0.39 is 8.96 Å². The molecule has 0 spiro atoms. The second kappa shape index (κ2) is 9.57. The third-order valence-electron chi connectivity index (χ3n) is 2.06. The molecule has 0 aliphatic carbocycles. The van der Waals surface area contributed by atoms with Crippen LogP contribution < -0.4 is 16.4 Å². The molecule has 0 amide bonds. The maximum Gasteiger partial charge on any atom is 0.175 e. The predicted octanol–water partition coefficient (Wildman–Crippen LogP) is -1.23. The van der Waals surface area contributed by atoms with Gasteiger partial charge in [0.15, 0.2) is 14.9 Å². The minimum absolute atomic E-state index is 0.0897. The highest BCUT2D eigenvalue weighted by Gasteiger charge is 2.21. The van der Waals surface area contributed by atoms with E-state index in [4.69, 9.17) is 20.9 Å². The normalized spacial score (nSPS) is 13.5. The second-order valence-electron chi connectivity index (χ2n) is 3.12. The molecule has 0 aromatic heterocycles. The lowest BCUT2D eigenvalue weighted by molar-refractivity contribution is -0.0486. The summed E-state index contributed by atoms with van der Waals surface area (Å²) in [5.74, 6) is -0.0897. The maximum absolute atomic E-state index is 5.48. The number of hydrogen-bond acceptors (Lipinski definition) is 5. The fourth-order valence-electron chi connectivity index (χ4n) is 1.37. The molecule has 0 radical (unpaired) electrons. The van der Waals surface area contributed by atoms with Gasteiger partial charge in [-0.15, -0.1) is 0 Å². The fraction of sp³-hybridized carbons (Fsp3) is 1.00. The van der Waals surface area contributed by atoms with Gasteiger partial charge in [-0.3, -0.25) is 0 Å². The van der Waals surface area contributed by atoms with Gasteiger partial charge in [-0.1, -0.05) is 0 Å². The highest BCUT2D eigenvalue weighted by Crippen LogP contribution is 2.03. The van der Waals surface area contributed by atoms with Gasteiger partial charge in [0.25, 0.3) is 0 Å².